The van der Waals surface area contributed by atoms with E-state index in [2.05, 4.69) is 24.1 Å². The van der Waals surface area contributed by atoms with Gasteiger partial charge in [0.2, 0.25) is 0 Å². The van der Waals surface area contributed by atoms with Crippen LogP contribution >= 0.6 is 0 Å². The molecule has 1 heterocycles. The number of rotatable bonds is 5. The lowest BCUT2D eigenvalue weighted by atomic mass is 10.0. The van der Waals surface area contributed by atoms with Gasteiger partial charge >= 0.3 is 0 Å². The van der Waals surface area contributed by atoms with E-state index in [1.165, 1.54) is 6.07 Å². The van der Waals surface area contributed by atoms with Gasteiger partial charge in [-0.15, -0.1) is 0 Å². The number of anilines is 3. The van der Waals surface area contributed by atoms with Gasteiger partial charge in [0, 0.05) is 43.5 Å². The molecule has 148 valence electrons. The van der Waals surface area contributed by atoms with Crippen molar-refractivity contribution in [2.75, 3.05) is 36.1 Å². The van der Waals surface area contributed by atoms with Crippen molar-refractivity contribution in [1.82, 2.24) is 4.98 Å². The summed E-state index contributed by atoms with van der Waals surface area (Å²) in [5, 5.41) is 3.03. The maximum atomic E-state index is 12.8. The first-order chi connectivity index (χ1) is 14.0. The largest absolute Gasteiger partial charge is 0.453 e. The van der Waals surface area contributed by atoms with E-state index in [0.717, 1.165) is 35.5 Å². The Balaban J connectivity index is 1.85. The van der Waals surface area contributed by atoms with Crippen LogP contribution in [-0.2, 0) is 0 Å². The normalized spacial score (nSPS) is 11.1. The molecule has 0 amide bonds. The van der Waals surface area contributed by atoms with Crippen molar-refractivity contribution in [1.29, 1.82) is 0 Å². The molecule has 4 rings (SSSR count). The number of nitrogen functional groups attached to an aromatic ring is 1. The van der Waals surface area contributed by atoms with Crippen LogP contribution < -0.4 is 21.4 Å². The van der Waals surface area contributed by atoms with Crippen LogP contribution in [0.4, 0.5) is 17.1 Å². The van der Waals surface area contributed by atoms with E-state index in [0.29, 0.717) is 28.3 Å². The van der Waals surface area contributed by atoms with Crippen LogP contribution in [-0.4, -0.2) is 25.1 Å². The van der Waals surface area contributed by atoms with Crippen LogP contribution in [0.5, 0.6) is 0 Å². The maximum absolute atomic E-state index is 12.8. The summed E-state index contributed by atoms with van der Waals surface area (Å²) in [6.07, 6.45) is 0. The minimum Gasteiger partial charge on any atom is -0.453 e. The van der Waals surface area contributed by atoms with Crippen LogP contribution in [0.1, 0.15) is 13.8 Å². The summed E-state index contributed by atoms with van der Waals surface area (Å²) in [6, 6.07) is 14.8. The third-order valence-electron chi connectivity index (χ3n) is 5.23. The SMILES string of the molecule is CCN(CC)c1ccc2nc3cc(-c4ccc(NC)c(N)c4)c(=O)cc-3oc2c1. The highest BCUT2D eigenvalue weighted by atomic mass is 16.3. The summed E-state index contributed by atoms with van der Waals surface area (Å²) in [7, 11) is 1.81. The molecule has 2 aliphatic rings. The molecule has 0 spiro atoms. The molecular formula is C23H24N4O2. The molecule has 2 aromatic carbocycles. The van der Waals surface area contributed by atoms with Crippen LogP contribution in [0.25, 0.3) is 33.7 Å². The number of hydrogen-bond donors (Lipinski definition) is 2. The Hall–Kier alpha value is -3.54. The Labute approximate surface area is 169 Å². The fourth-order valence-corrected chi connectivity index (χ4v) is 3.61. The zero-order valence-electron chi connectivity index (χ0n) is 16.8. The molecule has 6 nitrogen and oxygen atoms in total. The first kappa shape index (κ1) is 18.8. The molecule has 0 saturated heterocycles. The van der Waals surface area contributed by atoms with Crippen molar-refractivity contribution in [3.05, 3.63) is 58.8 Å². The molecule has 1 aliphatic heterocycles. The van der Waals surface area contributed by atoms with E-state index in [4.69, 9.17) is 15.1 Å². The van der Waals surface area contributed by atoms with Gasteiger partial charge in [0.1, 0.15) is 11.2 Å². The smallest absolute Gasteiger partial charge is 0.190 e. The molecule has 0 unspecified atom stereocenters. The second-order valence-corrected chi connectivity index (χ2v) is 6.91. The highest BCUT2D eigenvalue weighted by Gasteiger charge is 2.15. The number of aromatic nitrogens is 1. The molecule has 0 bridgehead atoms. The lowest BCUT2D eigenvalue weighted by Gasteiger charge is -2.21. The molecule has 2 aromatic rings. The highest BCUT2D eigenvalue weighted by Crippen LogP contribution is 2.31. The number of fused-ring (bicyclic) bond motifs is 2. The van der Waals surface area contributed by atoms with Crippen molar-refractivity contribution in [2.24, 2.45) is 0 Å². The predicted molar refractivity (Wildman–Crippen MR) is 120 cm³/mol. The lowest BCUT2D eigenvalue weighted by Crippen LogP contribution is -2.21. The Morgan fingerprint density at radius 1 is 1.07 bits per heavy atom. The second kappa shape index (κ2) is 7.47. The monoisotopic (exact) mass is 388 g/mol. The molecule has 0 fully saturated rings. The summed E-state index contributed by atoms with van der Waals surface area (Å²) in [4.78, 5) is 19.7. The Kier molecular flexibility index (Phi) is 4.84. The molecule has 0 radical (unpaired) electrons. The maximum Gasteiger partial charge on any atom is 0.190 e. The van der Waals surface area contributed by atoms with Gasteiger partial charge in [-0.3, -0.25) is 4.79 Å². The van der Waals surface area contributed by atoms with Crippen molar-refractivity contribution >= 4 is 28.2 Å². The fraction of sp³-hybridized carbons (Fsp3) is 0.217. The zero-order valence-corrected chi connectivity index (χ0v) is 16.8. The molecule has 1 aliphatic carbocycles. The average Bonchev–Trinajstić information content (AvgIpc) is 2.72. The van der Waals surface area contributed by atoms with Gasteiger partial charge in [0.25, 0.3) is 0 Å². The quantitative estimate of drug-likeness (QED) is 0.389. The molecule has 0 aromatic heterocycles. The second-order valence-electron chi connectivity index (χ2n) is 6.91. The lowest BCUT2D eigenvalue weighted by molar-refractivity contribution is 0.612. The molecule has 29 heavy (non-hydrogen) atoms. The van der Waals surface area contributed by atoms with Gasteiger partial charge in [0.15, 0.2) is 16.8 Å². The Bertz CT molecular complexity index is 1210. The Morgan fingerprint density at radius 2 is 1.86 bits per heavy atom. The van der Waals surface area contributed by atoms with Gasteiger partial charge in [-0.2, -0.15) is 0 Å². The molecule has 6 heteroatoms. The standard InChI is InChI=1S/C23H24N4O2/c1-4-27(5-2)15-7-9-19-22(11-15)29-23-13-21(28)16(12-20(23)26-19)14-6-8-18(25-3)17(24)10-14/h6-13,25H,4-5,24H2,1-3H3. The minimum atomic E-state index is -0.126. The number of nitrogens with zero attached hydrogens (tertiary/aromatic N) is 2. The first-order valence-electron chi connectivity index (χ1n) is 9.75. The number of nitrogens with one attached hydrogen (secondary N) is 1. The van der Waals surface area contributed by atoms with E-state index in [1.54, 1.807) is 12.1 Å². The molecule has 0 atom stereocenters. The zero-order chi connectivity index (χ0) is 20.5. The summed E-state index contributed by atoms with van der Waals surface area (Å²) in [5.74, 6) is 0.475. The van der Waals surface area contributed by atoms with E-state index in [9.17, 15) is 4.79 Å². The van der Waals surface area contributed by atoms with Gasteiger partial charge < -0.3 is 20.4 Å². The Morgan fingerprint density at radius 3 is 2.55 bits per heavy atom. The van der Waals surface area contributed by atoms with E-state index >= 15 is 0 Å². The van der Waals surface area contributed by atoms with Gasteiger partial charge in [-0.25, -0.2) is 4.98 Å². The van der Waals surface area contributed by atoms with Crippen LogP contribution in [0, 0.1) is 0 Å². The van der Waals surface area contributed by atoms with E-state index in [-0.39, 0.29) is 5.43 Å². The number of benzene rings is 3. The van der Waals surface area contributed by atoms with E-state index < -0.39 is 0 Å². The highest BCUT2D eigenvalue weighted by molar-refractivity contribution is 5.82. The van der Waals surface area contributed by atoms with Gasteiger partial charge in [-0.05, 0) is 49.7 Å². The fourth-order valence-electron chi connectivity index (χ4n) is 3.61. The van der Waals surface area contributed by atoms with E-state index in [1.807, 2.05) is 37.4 Å². The third-order valence-corrected chi connectivity index (χ3v) is 5.23. The van der Waals surface area contributed by atoms with Gasteiger partial charge in [-0.1, -0.05) is 6.07 Å². The summed E-state index contributed by atoms with van der Waals surface area (Å²) in [5.41, 5.74) is 11.8. The summed E-state index contributed by atoms with van der Waals surface area (Å²) >= 11 is 0. The van der Waals surface area contributed by atoms with Crippen molar-refractivity contribution < 1.29 is 4.42 Å². The van der Waals surface area contributed by atoms with Crippen molar-refractivity contribution in [3.8, 4) is 22.6 Å². The van der Waals surface area contributed by atoms with Crippen LogP contribution in [0.3, 0.4) is 0 Å². The summed E-state index contributed by atoms with van der Waals surface area (Å²) in [6.45, 7) is 6.05. The van der Waals surface area contributed by atoms with Gasteiger partial charge in [0.05, 0.1) is 11.4 Å². The molecule has 3 N–H and O–H groups in total. The average molecular weight is 388 g/mol. The number of hydrogen-bond acceptors (Lipinski definition) is 6. The minimum absolute atomic E-state index is 0.126. The molecule has 0 saturated carbocycles. The van der Waals surface area contributed by atoms with Crippen molar-refractivity contribution in [3.63, 3.8) is 0 Å². The van der Waals surface area contributed by atoms with Crippen LogP contribution in [0.2, 0.25) is 0 Å². The first-order valence-corrected chi connectivity index (χ1v) is 9.75. The molecular weight excluding hydrogens is 364 g/mol. The van der Waals surface area contributed by atoms with Crippen LogP contribution in [0.15, 0.2) is 57.7 Å². The number of nitrogens with two attached hydrogens (primary N) is 1. The predicted octanol–water partition coefficient (Wildman–Crippen LogP) is 4.43. The summed E-state index contributed by atoms with van der Waals surface area (Å²) < 4.78 is 6.03. The third kappa shape index (κ3) is 3.38. The van der Waals surface area contributed by atoms with Crippen molar-refractivity contribution in [2.45, 2.75) is 13.8 Å². The topological polar surface area (TPSA) is 84.4 Å².